The van der Waals surface area contributed by atoms with Crippen LogP contribution in [0, 0.1) is 11.8 Å². The Morgan fingerprint density at radius 2 is 1.89 bits per heavy atom. The molecule has 0 spiro atoms. The van der Waals surface area contributed by atoms with E-state index >= 15 is 0 Å². The number of carbonyl (C=O) groups excluding carboxylic acids is 1. The van der Waals surface area contributed by atoms with Gasteiger partial charge in [-0.05, 0) is 67.0 Å². The van der Waals surface area contributed by atoms with E-state index in [1.165, 1.54) is 18.4 Å². The topological polar surface area (TPSA) is 38.3 Å². The molecule has 0 bridgehead atoms. The van der Waals surface area contributed by atoms with Gasteiger partial charge < -0.3 is 10.1 Å². The van der Waals surface area contributed by atoms with Crippen LogP contribution in [0.15, 0.2) is 42.5 Å². The zero-order valence-electron chi connectivity index (χ0n) is 16.4. The fourth-order valence-corrected chi connectivity index (χ4v) is 4.16. The first-order chi connectivity index (χ1) is 13.5. The Labute approximate surface area is 177 Å². The van der Waals surface area contributed by atoms with Crippen molar-refractivity contribution < 1.29 is 9.53 Å². The van der Waals surface area contributed by atoms with Gasteiger partial charge in [-0.1, -0.05) is 55.6 Å². The Bertz CT molecular complexity index is 807. The van der Waals surface area contributed by atoms with Gasteiger partial charge in [0, 0.05) is 11.3 Å². The number of hydrogen-bond donors (Lipinski definition) is 1. The van der Waals surface area contributed by atoms with Gasteiger partial charge in [-0.2, -0.15) is 0 Å². The van der Waals surface area contributed by atoms with E-state index in [-0.39, 0.29) is 5.91 Å². The third kappa shape index (κ3) is 5.50. The Morgan fingerprint density at radius 1 is 1.14 bits per heavy atom. The fraction of sp³-hybridized carbons (Fsp3) is 0.435. The third-order valence-electron chi connectivity index (χ3n) is 5.38. The number of anilines is 1. The molecule has 1 N–H and O–H groups in total. The quantitative estimate of drug-likeness (QED) is 0.570. The molecule has 2 aromatic rings. The lowest BCUT2D eigenvalue weighted by molar-refractivity contribution is -0.0543. The number of benzene rings is 2. The number of rotatable bonds is 6. The van der Waals surface area contributed by atoms with Crippen LogP contribution in [-0.4, -0.2) is 18.6 Å². The summed E-state index contributed by atoms with van der Waals surface area (Å²) in [6, 6.07) is 12.9. The number of carbonyl (C=O) groups is 1. The van der Waals surface area contributed by atoms with Crippen LogP contribution in [0.25, 0.3) is 0 Å². The van der Waals surface area contributed by atoms with E-state index < -0.39 is 0 Å². The molecule has 3 nitrogen and oxygen atoms in total. The number of ether oxygens (including phenoxy) is 1. The monoisotopic (exact) mass is 419 g/mol. The molecule has 3 atom stereocenters. The van der Waals surface area contributed by atoms with Crippen LogP contribution in [0.3, 0.4) is 0 Å². The van der Waals surface area contributed by atoms with Crippen molar-refractivity contribution in [2.75, 3.05) is 11.9 Å². The van der Waals surface area contributed by atoms with Crippen molar-refractivity contribution in [3.63, 3.8) is 0 Å². The second kappa shape index (κ2) is 9.78. The van der Waals surface area contributed by atoms with Gasteiger partial charge in [0.1, 0.15) is 0 Å². The first kappa shape index (κ1) is 21.2. The summed E-state index contributed by atoms with van der Waals surface area (Å²) in [6.45, 7) is 5.35. The maximum Gasteiger partial charge on any atom is 0.255 e. The smallest absolute Gasteiger partial charge is 0.255 e. The predicted molar refractivity (Wildman–Crippen MR) is 116 cm³/mol. The van der Waals surface area contributed by atoms with Gasteiger partial charge in [0.25, 0.3) is 5.91 Å². The Kier molecular flexibility index (Phi) is 7.39. The first-order valence-electron chi connectivity index (χ1n) is 9.93. The molecule has 1 saturated heterocycles. The summed E-state index contributed by atoms with van der Waals surface area (Å²) in [5.41, 5.74) is 2.51. The van der Waals surface area contributed by atoms with Crippen LogP contribution in [-0.2, 0) is 11.2 Å². The van der Waals surface area contributed by atoms with Gasteiger partial charge >= 0.3 is 0 Å². The van der Waals surface area contributed by atoms with Crippen LogP contribution in [0.5, 0.6) is 0 Å². The molecule has 0 aliphatic carbocycles. The summed E-state index contributed by atoms with van der Waals surface area (Å²) < 4.78 is 6.08. The zero-order chi connectivity index (χ0) is 20.1. The SMILES string of the molecule is CCCC1OCC(Cc2ccc(NC(=O)c3ccc(Cl)c(Cl)c3)cc2)CC1C. The van der Waals surface area contributed by atoms with Gasteiger partial charge in [0.05, 0.1) is 22.8 Å². The molecule has 0 aromatic heterocycles. The van der Waals surface area contributed by atoms with Gasteiger partial charge in [-0.25, -0.2) is 0 Å². The molecule has 1 aliphatic heterocycles. The highest BCUT2D eigenvalue weighted by atomic mass is 35.5. The molecular formula is C23H27Cl2NO2. The maximum absolute atomic E-state index is 12.4. The van der Waals surface area contributed by atoms with Crippen LogP contribution in [0.1, 0.15) is 49.0 Å². The molecule has 5 heteroatoms. The summed E-state index contributed by atoms with van der Waals surface area (Å²) in [4.78, 5) is 12.4. The highest BCUT2D eigenvalue weighted by Gasteiger charge is 2.27. The molecule has 1 fully saturated rings. The number of nitrogens with one attached hydrogen (secondary N) is 1. The van der Waals surface area contributed by atoms with E-state index in [4.69, 9.17) is 27.9 Å². The molecule has 28 heavy (non-hydrogen) atoms. The molecule has 1 aliphatic rings. The van der Waals surface area contributed by atoms with Gasteiger partial charge in [-0.15, -0.1) is 0 Å². The highest BCUT2D eigenvalue weighted by molar-refractivity contribution is 6.42. The second-order valence-electron chi connectivity index (χ2n) is 7.72. The van der Waals surface area contributed by atoms with Crippen molar-refractivity contribution in [2.24, 2.45) is 11.8 Å². The fourth-order valence-electron chi connectivity index (χ4n) is 3.86. The number of amides is 1. The minimum Gasteiger partial charge on any atom is -0.378 e. The van der Waals surface area contributed by atoms with E-state index in [1.807, 2.05) is 12.1 Å². The van der Waals surface area contributed by atoms with E-state index in [2.05, 4.69) is 31.3 Å². The molecule has 150 valence electrons. The largest absolute Gasteiger partial charge is 0.378 e. The lowest BCUT2D eigenvalue weighted by Crippen LogP contribution is -2.33. The average Bonchev–Trinajstić information content (AvgIpc) is 2.68. The maximum atomic E-state index is 12.4. The summed E-state index contributed by atoms with van der Waals surface area (Å²) in [6.07, 6.45) is 4.96. The van der Waals surface area contributed by atoms with Crippen molar-refractivity contribution in [1.29, 1.82) is 0 Å². The molecule has 0 radical (unpaired) electrons. The van der Waals surface area contributed by atoms with E-state index in [0.29, 0.717) is 33.5 Å². The summed E-state index contributed by atoms with van der Waals surface area (Å²) >= 11 is 11.9. The molecule has 1 heterocycles. The van der Waals surface area contributed by atoms with E-state index in [9.17, 15) is 4.79 Å². The summed E-state index contributed by atoms with van der Waals surface area (Å²) in [7, 11) is 0. The number of hydrogen-bond acceptors (Lipinski definition) is 2. The van der Waals surface area contributed by atoms with Crippen LogP contribution in [0.2, 0.25) is 10.0 Å². The Hall–Kier alpha value is -1.55. The van der Waals surface area contributed by atoms with Crippen LogP contribution < -0.4 is 5.32 Å². The van der Waals surface area contributed by atoms with Gasteiger partial charge in [0.2, 0.25) is 0 Å². The second-order valence-corrected chi connectivity index (χ2v) is 8.54. The minimum absolute atomic E-state index is 0.206. The van der Waals surface area contributed by atoms with E-state index in [1.54, 1.807) is 18.2 Å². The van der Waals surface area contributed by atoms with Crippen molar-refractivity contribution in [3.8, 4) is 0 Å². The molecule has 2 aromatic carbocycles. The van der Waals surface area contributed by atoms with Gasteiger partial charge in [0.15, 0.2) is 0 Å². The van der Waals surface area contributed by atoms with E-state index in [0.717, 1.165) is 25.1 Å². The Balaban J connectivity index is 1.55. The van der Waals surface area contributed by atoms with Crippen LogP contribution in [0.4, 0.5) is 5.69 Å². The average molecular weight is 420 g/mol. The highest BCUT2D eigenvalue weighted by Crippen LogP contribution is 2.30. The minimum atomic E-state index is -0.206. The molecule has 3 rings (SSSR count). The molecule has 1 amide bonds. The predicted octanol–water partition coefficient (Wildman–Crippen LogP) is 6.63. The van der Waals surface area contributed by atoms with Crippen molar-refractivity contribution in [2.45, 2.75) is 45.6 Å². The summed E-state index contributed by atoms with van der Waals surface area (Å²) in [5.74, 6) is 0.964. The molecular weight excluding hydrogens is 393 g/mol. The Morgan fingerprint density at radius 3 is 2.54 bits per heavy atom. The lowest BCUT2D eigenvalue weighted by Gasteiger charge is -2.34. The molecule has 0 saturated carbocycles. The first-order valence-corrected chi connectivity index (χ1v) is 10.7. The summed E-state index contributed by atoms with van der Waals surface area (Å²) in [5, 5.41) is 3.70. The number of halogens is 2. The van der Waals surface area contributed by atoms with Crippen molar-refractivity contribution >= 4 is 34.8 Å². The standard InChI is InChI=1S/C23H27Cl2NO2/c1-3-4-22-15(2)11-17(14-28-22)12-16-5-8-19(9-6-16)26-23(27)18-7-10-20(24)21(25)13-18/h5-10,13,15,17,22H,3-4,11-12,14H2,1-2H3,(H,26,27). The van der Waals surface area contributed by atoms with Crippen molar-refractivity contribution in [1.82, 2.24) is 0 Å². The van der Waals surface area contributed by atoms with Gasteiger partial charge in [-0.3, -0.25) is 4.79 Å². The molecule has 3 unspecified atom stereocenters. The third-order valence-corrected chi connectivity index (χ3v) is 6.12. The van der Waals surface area contributed by atoms with Crippen LogP contribution >= 0.6 is 23.2 Å². The zero-order valence-corrected chi connectivity index (χ0v) is 17.9. The lowest BCUT2D eigenvalue weighted by atomic mass is 9.84. The normalized spacial score (nSPS) is 22.1. The van der Waals surface area contributed by atoms with Crippen molar-refractivity contribution in [3.05, 3.63) is 63.6 Å².